The molecule has 0 aromatic carbocycles. The Morgan fingerprint density at radius 3 is 1.31 bits per heavy atom. The Kier molecular flexibility index (Phi) is 5.77. The van der Waals surface area contributed by atoms with Gasteiger partial charge in [0.15, 0.2) is 16.5 Å². The Balaban J connectivity index is 3.81. The van der Waals surface area contributed by atoms with E-state index in [1.165, 1.54) is 16.7 Å². The molecule has 0 spiro atoms. The summed E-state index contributed by atoms with van der Waals surface area (Å²) in [5.41, 5.74) is 0. The summed E-state index contributed by atoms with van der Waals surface area (Å²) in [6.45, 7) is 13.6. The highest BCUT2D eigenvalue weighted by atomic mass is 31.1. The lowest BCUT2D eigenvalue weighted by Crippen LogP contribution is -2.14. The normalized spacial score (nSPS) is 14.6. The van der Waals surface area contributed by atoms with Crippen LogP contribution in [0.25, 0.3) is 0 Å². The Bertz CT molecular complexity index is 182. The molecular weight excluding hydrogens is 230 g/mol. The summed E-state index contributed by atoms with van der Waals surface area (Å²) in [5, 5.41) is 0. The first kappa shape index (κ1) is 13.6. The van der Waals surface area contributed by atoms with Crippen LogP contribution in [0.2, 0.25) is 39.3 Å². The summed E-state index contributed by atoms with van der Waals surface area (Å²) < 4.78 is 9.27. The zero-order valence-corrected chi connectivity index (χ0v) is 13.3. The van der Waals surface area contributed by atoms with Gasteiger partial charge in [0.05, 0.1) is 5.90 Å². The summed E-state index contributed by atoms with van der Waals surface area (Å²) in [5.74, 6) is 1.09. The third-order valence-electron chi connectivity index (χ3n) is 0.868. The van der Waals surface area contributed by atoms with Crippen molar-refractivity contribution in [2.75, 3.05) is 5.90 Å². The number of nitrogens with zero attached hydrogens (tertiary/aromatic N) is 2. The molecule has 0 N–H and O–H groups in total. The van der Waals surface area contributed by atoms with Crippen LogP contribution >= 0.6 is 16.7 Å². The van der Waals surface area contributed by atoms with Gasteiger partial charge in [0.2, 0.25) is 0 Å². The predicted octanol–water partition coefficient (Wildman–Crippen LogP) is 4.87. The monoisotopic (exact) mass is 250 g/mol. The molecule has 0 atom stereocenters. The Hall–Kier alpha value is 0.634. The maximum absolute atomic E-state index is 4.64. The molecule has 0 aliphatic carbocycles. The van der Waals surface area contributed by atoms with E-state index in [9.17, 15) is 0 Å². The Labute approximate surface area is 87.5 Å². The number of hydrogen-bond donors (Lipinski definition) is 0. The van der Waals surface area contributed by atoms with Gasteiger partial charge in [-0.15, -0.1) is 0 Å². The van der Waals surface area contributed by atoms with E-state index in [2.05, 4.69) is 48.1 Å². The zero-order valence-electron chi connectivity index (χ0n) is 9.50. The summed E-state index contributed by atoms with van der Waals surface area (Å²) in [6.07, 6.45) is 0. The first-order chi connectivity index (χ1) is 5.71. The van der Waals surface area contributed by atoms with Crippen molar-refractivity contribution in [1.82, 2.24) is 0 Å². The van der Waals surface area contributed by atoms with Gasteiger partial charge >= 0.3 is 0 Å². The van der Waals surface area contributed by atoms with Gasteiger partial charge in [0.1, 0.15) is 0 Å². The van der Waals surface area contributed by atoms with Crippen molar-refractivity contribution < 1.29 is 0 Å². The average Bonchev–Trinajstić information content (AvgIpc) is 1.81. The maximum atomic E-state index is 4.64. The van der Waals surface area contributed by atoms with E-state index in [1.54, 1.807) is 0 Å². The fourth-order valence-electron chi connectivity index (χ4n) is 0.516. The second-order valence-electron chi connectivity index (χ2n) is 4.97. The van der Waals surface area contributed by atoms with Gasteiger partial charge in [0, 0.05) is 16.7 Å². The summed E-state index contributed by atoms with van der Waals surface area (Å²) in [6, 6.07) is 0. The molecule has 0 bridgehead atoms. The van der Waals surface area contributed by atoms with Crippen molar-refractivity contribution in [2.45, 2.75) is 39.3 Å². The van der Waals surface area contributed by atoms with Crippen LogP contribution in [0.3, 0.4) is 0 Å². The van der Waals surface area contributed by atoms with Gasteiger partial charge in [-0.1, -0.05) is 0 Å². The van der Waals surface area contributed by atoms with Crippen LogP contribution in [0.15, 0.2) is 8.82 Å². The largest absolute Gasteiger partial charge is 0.306 e. The molecule has 6 heteroatoms. The van der Waals surface area contributed by atoms with Gasteiger partial charge in [-0.05, 0) is 39.3 Å². The van der Waals surface area contributed by atoms with E-state index < -0.39 is 16.5 Å². The lowest BCUT2D eigenvalue weighted by atomic mass is 11.8. The lowest BCUT2D eigenvalue weighted by molar-refractivity contribution is 1.60. The van der Waals surface area contributed by atoms with Gasteiger partial charge in [-0.2, -0.15) is 0 Å². The quantitative estimate of drug-likeness (QED) is 0.502. The van der Waals surface area contributed by atoms with Crippen LogP contribution in [0.4, 0.5) is 0 Å². The molecule has 0 unspecified atom stereocenters. The molecule has 0 aliphatic rings. The van der Waals surface area contributed by atoms with E-state index in [0.29, 0.717) is 0 Å². The van der Waals surface area contributed by atoms with Gasteiger partial charge < -0.3 is 8.82 Å². The highest BCUT2D eigenvalue weighted by Crippen LogP contribution is 2.19. The molecule has 0 heterocycles. The molecule has 0 aromatic heterocycles. The minimum Gasteiger partial charge on any atom is -0.306 e. The standard InChI is InChI=1S/C7H20N2P2Si2/c1-12(2,3)8-10-7-11-9-13(4,5)6/h7H2,1-6H3. The van der Waals surface area contributed by atoms with Gasteiger partial charge in [0.25, 0.3) is 0 Å². The molecule has 76 valence electrons. The van der Waals surface area contributed by atoms with Crippen LogP contribution in [0.5, 0.6) is 0 Å². The smallest absolute Gasteiger partial charge is 0.178 e. The number of rotatable bonds is 4. The lowest BCUT2D eigenvalue weighted by Gasteiger charge is -2.07. The Morgan fingerprint density at radius 2 is 1.08 bits per heavy atom. The van der Waals surface area contributed by atoms with E-state index in [0.717, 1.165) is 5.90 Å². The predicted molar refractivity (Wildman–Crippen MR) is 70.3 cm³/mol. The third-order valence-corrected chi connectivity index (χ3v) is 7.81. The van der Waals surface area contributed by atoms with E-state index in [1.807, 2.05) is 0 Å². The second-order valence-corrected chi connectivity index (χ2v) is 16.9. The molecule has 2 nitrogen and oxygen atoms in total. The minimum absolute atomic E-state index is 1.09. The topological polar surface area (TPSA) is 24.7 Å². The van der Waals surface area contributed by atoms with Crippen molar-refractivity contribution in [3.05, 3.63) is 0 Å². The molecule has 0 fully saturated rings. The molecule has 0 aliphatic heterocycles. The maximum Gasteiger partial charge on any atom is 0.178 e. The van der Waals surface area contributed by atoms with Crippen molar-refractivity contribution in [3.8, 4) is 0 Å². The van der Waals surface area contributed by atoms with Crippen molar-refractivity contribution >= 4 is 33.2 Å². The minimum atomic E-state index is -1.18. The van der Waals surface area contributed by atoms with E-state index >= 15 is 0 Å². The highest BCUT2D eigenvalue weighted by molar-refractivity contribution is 7.47. The molecule has 0 saturated carbocycles. The summed E-state index contributed by atoms with van der Waals surface area (Å²) >= 11 is 0. The van der Waals surface area contributed by atoms with Crippen molar-refractivity contribution in [1.29, 1.82) is 0 Å². The number of hydrogen-bond acceptors (Lipinski definition) is 2. The average molecular weight is 250 g/mol. The van der Waals surface area contributed by atoms with Crippen LogP contribution in [0, 0.1) is 0 Å². The second kappa shape index (κ2) is 5.50. The first-order valence-electron chi connectivity index (χ1n) is 4.48. The fourth-order valence-corrected chi connectivity index (χ4v) is 5.78. The van der Waals surface area contributed by atoms with Crippen LogP contribution in [-0.2, 0) is 0 Å². The Morgan fingerprint density at radius 1 is 0.769 bits per heavy atom. The first-order valence-corrected chi connectivity index (χ1v) is 13.4. The van der Waals surface area contributed by atoms with Crippen LogP contribution in [-0.4, -0.2) is 22.4 Å². The van der Waals surface area contributed by atoms with Gasteiger partial charge in [-0.25, -0.2) is 0 Å². The molecule has 0 rings (SSSR count). The molecule has 0 amide bonds. The van der Waals surface area contributed by atoms with Crippen LogP contribution < -0.4 is 0 Å². The van der Waals surface area contributed by atoms with Crippen LogP contribution in [0.1, 0.15) is 0 Å². The molecule has 13 heavy (non-hydrogen) atoms. The highest BCUT2D eigenvalue weighted by Gasteiger charge is 2.10. The third kappa shape index (κ3) is 12.6. The van der Waals surface area contributed by atoms with Gasteiger partial charge in [-0.3, -0.25) is 0 Å². The summed E-state index contributed by atoms with van der Waals surface area (Å²) in [7, 11) is 0.126. The van der Waals surface area contributed by atoms with Crippen molar-refractivity contribution in [3.63, 3.8) is 0 Å². The van der Waals surface area contributed by atoms with E-state index in [-0.39, 0.29) is 0 Å². The SMILES string of the molecule is C[Si](C)(C)N=PCP=N[Si](C)(C)C. The fraction of sp³-hybridized carbons (Fsp3) is 1.00. The molecular formula is C7H20N2P2Si2. The molecule has 0 aromatic rings. The summed E-state index contributed by atoms with van der Waals surface area (Å²) in [4.78, 5) is 0. The molecule has 0 saturated heterocycles. The zero-order chi connectivity index (χ0) is 10.5. The van der Waals surface area contributed by atoms with Crippen molar-refractivity contribution in [2.24, 2.45) is 8.82 Å². The molecule has 0 radical (unpaired) electrons. The van der Waals surface area contributed by atoms with E-state index in [4.69, 9.17) is 0 Å².